The van der Waals surface area contributed by atoms with Gasteiger partial charge in [-0.2, -0.15) is 9.97 Å². The lowest BCUT2D eigenvalue weighted by molar-refractivity contribution is 0.660. The molecule has 0 atom stereocenters. The van der Waals surface area contributed by atoms with Crippen LogP contribution in [0.4, 0.5) is 51.4 Å². The highest BCUT2D eigenvalue weighted by Crippen LogP contribution is 2.59. The number of hydrogen-bond donors (Lipinski definition) is 0. The van der Waals surface area contributed by atoms with Crippen LogP contribution in [0, 0.1) is 0 Å². The maximum atomic E-state index is 5.35. The number of para-hydroxylation sites is 4. The summed E-state index contributed by atoms with van der Waals surface area (Å²) in [5.41, 5.74) is 18.9. The van der Waals surface area contributed by atoms with Crippen LogP contribution in [0.3, 0.4) is 0 Å². The second-order valence-corrected chi connectivity index (χ2v) is 21.9. The molecule has 1 aliphatic carbocycles. The van der Waals surface area contributed by atoms with Gasteiger partial charge in [0, 0.05) is 39.0 Å². The van der Waals surface area contributed by atoms with E-state index in [4.69, 9.17) is 29.9 Å². The molecule has 0 radical (unpaired) electrons. The van der Waals surface area contributed by atoms with Crippen molar-refractivity contribution >= 4 is 62.2 Å². The molecule has 16 rings (SSSR count). The molecule has 3 aliphatic rings. The van der Waals surface area contributed by atoms with E-state index < -0.39 is 0 Å². The molecule has 0 saturated carbocycles. The molecule has 0 amide bonds. The minimum atomic E-state index is -0.260. The van der Waals surface area contributed by atoms with Crippen molar-refractivity contribution in [3.63, 3.8) is 0 Å². The first-order chi connectivity index (χ1) is 40.9. The van der Waals surface area contributed by atoms with E-state index in [2.05, 4.69) is 223 Å². The molecule has 0 fully saturated rings. The Labute approximate surface area is 481 Å². The first-order valence-electron chi connectivity index (χ1n) is 28.1. The van der Waals surface area contributed by atoms with Gasteiger partial charge in [-0.05, 0) is 105 Å². The number of rotatable bonds is 8. The minimum Gasteiger partial charge on any atom is -0.310 e. The predicted octanol–water partition coefficient (Wildman–Crippen LogP) is 18.4. The van der Waals surface area contributed by atoms with Crippen LogP contribution in [0.15, 0.2) is 267 Å². The third-order valence-electron chi connectivity index (χ3n) is 16.7. The minimum absolute atomic E-state index is 0.254. The maximum Gasteiger partial charge on any atom is 0.238 e. The molecule has 11 aromatic carbocycles. The van der Waals surface area contributed by atoms with Crippen LogP contribution >= 0.6 is 0 Å². The molecule has 9 heteroatoms. The molecular formula is C74H51N9. The Morgan fingerprint density at radius 1 is 0.301 bits per heavy atom. The van der Waals surface area contributed by atoms with Gasteiger partial charge in [0.05, 0.1) is 40.0 Å². The molecule has 0 spiro atoms. The van der Waals surface area contributed by atoms with Crippen LogP contribution in [0.5, 0.6) is 0 Å². The molecule has 83 heavy (non-hydrogen) atoms. The molecule has 0 N–H and O–H groups in total. The van der Waals surface area contributed by atoms with Gasteiger partial charge < -0.3 is 9.80 Å². The zero-order valence-electron chi connectivity index (χ0n) is 45.5. The number of benzene rings is 11. The maximum absolute atomic E-state index is 5.35. The molecule has 4 heterocycles. The van der Waals surface area contributed by atoms with E-state index in [1.165, 1.54) is 22.3 Å². The lowest BCUT2D eigenvalue weighted by atomic mass is 9.82. The highest BCUT2D eigenvalue weighted by Gasteiger charge is 2.41. The van der Waals surface area contributed by atoms with Crippen molar-refractivity contribution in [2.45, 2.75) is 25.2 Å². The summed E-state index contributed by atoms with van der Waals surface area (Å²) in [7, 11) is 0. The van der Waals surface area contributed by atoms with Crippen LogP contribution in [0.2, 0.25) is 0 Å². The average molecular weight is 1070 g/mol. The van der Waals surface area contributed by atoms with Crippen LogP contribution in [-0.4, -0.2) is 29.9 Å². The largest absolute Gasteiger partial charge is 0.310 e. The van der Waals surface area contributed by atoms with E-state index in [1.54, 1.807) is 0 Å². The molecule has 0 bridgehead atoms. The highest BCUT2D eigenvalue weighted by molar-refractivity contribution is 6.05. The first kappa shape index (κ1) is 48.0. The molecule has 13 aromatic rings. The van der Waals surface area contributed by atoms with Crippen LogP contribution < -0.4 is 14.7 Å². The number of fused-ring (bicyclic) bond motifs is 8. The Morgan fingerprint density at radius 2 is 0.699 bits per heavy atom. The number of hydrogen-bond acceptors (Lipinski definition) is 9. The summed E-state index contributed by atoms with van der Waals surface area (Å²) < 4.78 is 0. The molecule has 392 valence electrons. The zero-order valence-corrected chi connectivity index (χ0v) is 45.5. The molecule has 2 aliphatic heterocycles. The summed E-state index contributed by atoms with van der Waals surface area (Å²) >= 11 is 0. The third kappa shape index (κ3) is 7.92. The molecular weight excluding hydrogens is 1010 g/mol. The normalized spacial score (nSPS) is 13.6. The van der Waals surface area contributed by atoms with Crippen molar-refractivity contribution in [1.82, 2.24) is 29.9 Å². The van der Waals surface area contributed by atoms with E-state index in [0.717, 1.165) is 89.7 Å². The van der Waals surface area contributed by atoms with Gasteiger partial charge in [0.15, 0.2) is 23.3 Å². The topological polar surface area (TPSA) is 87.1 Å². The van der Waals surface area contributed by atoms with Gasteiger partial charge >= 0.3 is 0 Å². The molecule has 9 nitrogen and oxygen atoms in total. The SMILES string of the molecule is CC1(C)c2ccccc2-c2cc3c(cc21)N(c1ccc2cc(N4c5ccccc5C(c5nc(-c6ccccc6)nc(-c6ccccc6)n5)c5ccccc54)ccc2c1)c1ccccc1N3c1nc(-c2ccccc2)nc(-c2ccccc2)n1. The Bertz CT molecular complexity index is 4520. The molecule has 0 unspecified atom stereocenters. The fourth-order valence-electron chi connectivity index (χ4n) is 12.8. The van der Waals surface area contributed by atoms with E-state index in [-0.39, 0.29) is 11.3 Å². The summed E-state index contributed by atoms with van der Waals surface area (Å²) in [4.78, 5) is 38.5. The highest BCUT2D eigenvalue weighted by atomic mass is 15.3. The Balaban J connectivity index is 0.833. The Morgan fingerprint density at radius 3 is 1.20 bits per heavy atom. The van der Waals surface area contributed by atoms with Crippen molar-refractivity contribution < 1.29 is 0 Å². The van der Waals surface area contributed by atoms with Crippen LogP contribution in [0.25, 0.3) is 67.5 Å². The summed E-state index contributed by atoms with van der Waals surface area (Å²) in [6.45, 7) is 4.69. The molecule has 2 aromatic heterocycles. The van der Waals surface area contributed by atoms with Gasteiger partial charge in [-0.1, -0.05) is 220 Å². The van der Waals surface area contributed by atoms with Crippen LogP contribution in [-0.2, 0) is 5.41 Å². The van der Waals surface area contributed by atoms with Crippen molar-refractivity contribution in [3.05, 3.63) is 295 Å². The quantitative estimate of drug-likeness (QED) is 0.148. The second-order valence-electron chi connectivity index (χ2n) is 21.9. The number of aromatic nitrogens is 6. The summed E-state index contributed by atoms with van der Waals surface area (Å²) in [5, 5.41) is 2.23. The zero-order chi connectivity index (χ0) is 55.2. The van der Waals surface area contributed by atoms with Gasteiger partial charge in [-0.3, -0.25) is 4.90 Å². The standard InChI is InChI=1S/C74H51N9/c1-74(2)59-34-18-15-31-55(59)58-45-65-66(46-60(58)74)82(63-37-21-22-38-64(63)83(65)73-79-70(49-27-11-5-12-28-49)76-71(80-73)50-29-13-6-14-30-50)54-42-40-51-43-53(41-39-52(51)44-54)81-61-35-19-16-32-56(61)67(57-33-17-20-36-62(57)81)72-77-68(47-23-7-3-8-24-47)75-69(78-72)48-25-9-4-10-26-48/h3-46,67H,1-2H3. The second kappa shape index (κ2) is 19.1. The van der Waals surface area contributed by atoms with Gasteiger partial charge in [0.25, 0.3) is 0 Å². The van der Waals surface area contributed by atoms with Gasteiger partial charge in [-0.25, -0.2) is 19.9 Å². The third-order valence-corrected chi connectivity index (χ3v) is 16.7. The smallest absolute Gasteiger partial charge is 0.238 e. The predicted molar refractivity (Wildman–Crippen MR) is 335 cm³/mol. The van der Waals surface area contributed by atoms with Gasteiger partial charge in [0.2, 0.25) is 5.95 Å². The Hall–Kier alpha value is -10.9. The van der Waals surface area contributed by atoms with E-state index in [0.29, 0.717) is 35.1 Å². The molecule has 0 saturated heterocycles. The van der Waals surface area contributed by atoms with Crippen LogP contribution in [0.1, 0.15) is 47.8 Å². The number of nitrogens with zero attached hydrogens (tertiary/aromatic N) is 9. The van der Waals surface area contributed by atoms with Crippen molar-refractivity contribution in [2.24, 2.45) is 0 Å². The summed E-state index contributed by atoms with van der Waals surface area (Å²) in [6.07, 6.45) is 0. The van der Waals surface area contributed by atoms with Gasteiger partial charge in [-0.15, -0.1) is 0 Å². The number of anilines is 9. The van der Waals surface area contributed by atoms with E-state index in [9.17, 15) is 0 Å². The summed E-state index contributed by atoms with van der Waals surface area (Å²) in [5.74, 6) is 3.47. The fraction of sp³-hybridized carbons (Fsp3) is 0.0541. The van der Waals surface area contributed by atoms with Crippen molar-refractivity contribution in [3.8, 4) is 56.7 Å². The monoisotopic (exact) mass is 1070 g/mol. The van der Waals surface area contributed by atoms with E-state index in [1.807, 2.05) is 72.8 Å². The van der Waals surface area contributed by atoms with E-state index >= 15 is 0 Å². The van der Waals surface area contributed by atoms with Crippen molar-refractivity contribution in [2.75, 3.05) is 14.7 Å². The average Bonchev–Trinajstić information content (AvgIpc) is 2.30. The van der Waals surface area contributed by atoms with Gasteiger partial charge in [0.1, 0.15) is 5.82 Å². The van der Waals surface area contributed by atoms with Crippen molar-refractivity contribution in [1.29, 1.82) is 0 Å². The lowest BCUT2D eigenvalue weighted by Gasteiger charge is -2.40. The Kier molecular flexibility index (Phi) is 11.1. The summed E-state index contributed by atoms with van der Waals surface area (Å²) in [6, 6.07) is 94.1. The lowest BCUT2D eigenvalue weighted by Crippen LogP contribution is -2.26. The fourth-order valence-corrected chi connectivity index (χ4v) is 12.8. The first-order valence-corrected chi connectivity index (χ1v) is 28.1.